The summed E-state index contributed by atoms with van der Waals surface area (Å²) in [6.45, 7) is 2.80. The van der Waals surface area contributed by atoms with E-state index in [4.69, 9.17) is 0 Å². The van der Waals surface area contributed by atoms with Crippen LogP contribution in [0.4, 0.5) is 13.6 Å². The average molecular weight is 366 g/mol. The lowest BCUT2D eigenvalue weighted by Crippen LogP contribution is -2.56. The monoisotopic (exact) mass is 366 g/mol. The van der Waals surface area contributed by atoms with E-state index in [0.29, 0.717) is 24.9 Å². The lowest BCUT2D eigenvalue weighted by molar-refractivity contribution is -0.0386. The minimum absolute atomic E-state index is 0.0200. The Morgan fingerprint density at radius 2 is 1.96 bits per heavy atom. The smallest absolute Gasteiger partial charge is 0.317 e. The van der Waals surface area contributed by atoms with Gasteiger partial charge in [-0.05, 0) is 43.7 Å². The van der Waals surface area contributed by atoms with Crippen molar-refractivity contribution in [3.8, 4) is 0 Å². The number of hydrogen-bond acceptors (Lipinski definition) is 2. The summed E-state index contributed by atoms with van der Waals surface area (Å²) in [5.41, 5.74) is -0.727. The van der Waals surface area contributed by atoms with Crippen LogP contribution in [0.5, 0.6) is 0 Å². The number of rotatable bonds is 6. The van der Waals surface area contributed by atoms with Crippen molar-refractivity contribution in [3.63, 3.8) is 0 Å². The molecule has 2 N–H and O–H groups in total. The highest BCUT2D eigenvalue weighted by molar-refractivity contribution is 5.75. The van der Waals surface area contributed by atoms with Crippen molar-refractivity contribution < 1.29 is 18.7 Å². The van der Waals surface area contributed by atoms with E-state index in [2.05, 4.69) is 12.2 Å². The first-order chi connectivity index (χ1) is 12.4. The van der Waals surface area contributed by atoms with Gasteiger partial charge in [0.05, 0.1) is 5.60 Å². The number of nitrogens with zero attached hydrogens (tertiary/aromatic N) is 1. The molecule has 6 heteroatoms. The van der Waals surface area contributed by atoms with Crippen LogP contribution in [-0.2, 0) is 6.42 Å². The molecule has 0 saturated carbocycles. The first-order valence-corrected chi connectivity index (χ1v) is 9.64. The highest BCUT2D eigenvalue weighted by atomic mass is 19.1. The van der Waals surface area contributed by atoms with Gasteiger partial charge in [-0.1, -0.05) is 25.8 Å². The normalized spacial score (nSPS) is 27.6. The van der Waals surface area contributed by atoms with E-state index < -0.39 is 17.2 Å². The first kappa shape index (κ1) is 19.1. The molecule has 2 bridgehead atoms. The molecule has 26 heavy (non-hydrogen) atoms. The number of fused-ring (bicyclic) bond motifs is 2. The molecule has 0 aromatic heterocycles. The summed E-state index contributed by atoms with van der Waals surface area (Å²) in [5, 5.41) is 14.0. The Balaban J connectivity index is 1.62. The summed E-state index contributed by atoms with van der Waals surface area (Å²) < 4.78 is 27.1. The lowest BCUT2D eigenvalue weighted by Gasteiger charge is -2.44. The summed E-state index contributed by atoms with van der Waals surface area (Å²) in [5.74, 6) is -1.24. The molecule has 2 saturated heterocycles. The van der Waals surface area contributed by atoms with Crippen molar-refractivity contribution >= 4 is 6.03 Å². The number of unbranched alkanes of at least 4 members (excludes halogenated alkanes) is 2. The Hall–Kier alpha value is -1.69. The van der Waals surface area contributed by atoms with E-state index in [0.717, 1.165) is 38.2 Å². The third-order valence-corrected chi connectivity index (χ3v) is 5.68. The molecular weight excluding hydrogens is 338 g/mol. The van der Waals surface area contributed by atoms with Crippen LogP contribution in [0, 0.1) is 11.6 Å². The van der Waals surface area contributed by atoms with Gasteiger partial charge in [-0.25, -0.2) is 13.6 Å². The Labute approximate surface area is 153 Å². The number of halogens is 2. The number of hydrogen-bond donors (Lipinski definition) is 2. The zero-order valence-corrected chi connectivity index (χ0v) is 15.3. The van der Waals surface area contributed by atoms with Crippen molar-refractivity contribution in [1.29, 1.82) is 0 Å². The van der Waals surface area contributed by atoms with Crippen molar-refractivity contribution in [2.24, 2.45) is 0 Å². The number of amides is 2. The van der Waals surface area contributed by atoms with E-state index in [9.17, 15) is 18.7 Å². The largest absolute Gasteiger partial charge is 0.389 e. The summed E-state index contributed by atoms with van der Waals surface area (Å²) >= 11 is 0. The molecule has 144 valence electrons. The molecule has 3 rings (SSSR count). The Morgan fingerprint density at radius 1 is 1.27 bits per heavy atom. The van der Waals surface area contributed by atoms with Crippen molar-refractivity contribution in [1.82, 2.24) is 10.2 Å². The van der Waals surface area contributed by atoms with Crippen LogP contribution in [0.25, 0.3) is 0 Å². The number of piperidine rings is 1. The molecule has 2 heterocycles. The first-order valence-electron chi connectivity index (χ1n) is 9.64. The molecule has 0 spiro atoms. The molecule has 1 aromatic rings. The molecule has 2 aliphatic heterocycles. The zero-order chi connectivity index (χ0) is 18.7. The standard InChI is InChI=1S/C20H28F2N2O2/c1-2-3-4-9-23-19(25)24-16-7-8-17(24)13-20(26,12-16)11-14-5-6-15(21)10-18(14)22/h5-6,10,16-17,26H,2-4,7-9,11-13H2,1H3,(H,23,25). The van der Waals surface area contributed by atoms with Crippen LogP contribution in [-0.4, -0.2) is 40.3 Å². The second kappa shape index (κ2) is 7.91. The zero-order valence-electron chi connectivity index (χ0n) is 15.3. The Bertz CT molecular complexity index is 639. The van der Waals surface area contributed by atoms with Gasteiger partial charge in [-0.3, -0.25) is 0 Å². The maximum atomic E-state index is 14.0. The van der Waals surface area contributed by atoms with Gasteiger partial charge < -0.3 is 15.3 Å². The minimum atomic E-state index is -1.05. The van der Waals surface area contributed by atoms with Gasteiger partial charge in [0.2, 0.25) is 0 Å². The molecule has 0 radical (unpaired) electrons. The van der Waals surface area contributed by atoms with E-state index in [1.54, 1.807) is 0 Å². The maximum absolute atomic E-state index is 14.0. The van der Waals surface area contributed by atoms with Crippen LogP contribution in [0.1, 0.15) is 57.4 Å². The molecule has 2 atom stereocenters. The third kappa shape index (κ3) is 4.17. The summed E-state index contributed by atoms with van der Waals surface area (Å²) in [7, 11) is 0. The molecule has 2 aliphatic rings. The van der Waals surface area contributed by atoms with Gasteiger partial charge in [0.25, 0.3) is 0 Å². The van der Waals surface area contributed by atoms with Gasteiger partial charge in [0.15, 0.2) is 0 Å². The summed E-state index contributed by atoms with van der Waals surface area (Å²) in [6, 6.07) is 3.38. The minimum Gasteiger partial charge on any atom is -0.389 e. The predicted molar refractivity (Wildman–Crippen MR) is 95.8 cm³/mol. The quantitative estimate of drug-likeness (QED) is 0.753. The highest BCUT2D eigenvalue weighted by Gasteiger charge is 2.49. The average Bonchev–Trinajstić information content (AvgIpc) is 2.87. The predicted octanol–water partition coefficient (Wildman–Crippen LogP) is 3.77. The SMILES string of the molecule is CCCCCNC(=O)N1C2CCC1CC(O)(Cc1ccc(F)cc1F)C2. The number of urea groups is 1. The second-order valence-corrected chi connectivity index (χ2v) is 7.78. The number of carbonyl (C=O) groups excluding carboxylic acids is 1. The van der Waals surface area contributed by atoms with Crippen LogP contribution in [0.2, 0.25) is 0 Å². The molecular formula is C20H28F2N2O2. The van der Waals surface area contributed by atoms with E-state index >= 15 is 0 Å². The molecule has 1 aromatic carbocycles. The third-order valence-electron chi connectivity index (χ3n) is 5.68. The fourth-order valence-corrected chi connectivity index (χ4v) is 4.48. The van der Waals surface area contributed by atoms with Gasteiger partial charge in [0.1, 0.15) is 11.6 Å². The maximum Gasteiger partial charge on any atom is 0.317 e. The topological polar surface area (TPSA) is 52.6 Å². The highest BCUT2D eigenvalue weighted by Crippen LogP contribution is 2.42. The molecule has 2 amide bonds. The molecule has 0 aliphatic carbocycles. The van der Waals surface area contributed by atoms with Gasteiger partial charge >= 0.3 is 6.03 Å². The lowest BCUT2D eigenvalue weighted by atomic mass is 9.81. The molecule has 2 unspecified atom stereocenters. The van der Waals surface area contributed by atoms with Crippen molar-refractivity contribution in [2.75, 3.05) is 6.54 Å². The van der Waals surface area contributed by atoms with E-state index in [1.807, 2.05) is 4.90 Å². The fraction of sp³-hybridized carbons (Fsp3) is 0.650. The van der Waals surface area contributed by atoms with Crippen LogP contribution in [0.15, 0.2) is 18.2 Å². The Morgan fingerprint density at radius 3 is 2.58 bits per heavy atom. The van der Waals surface area contributed by atoms with Crippen molar-refractivity contribution in [2.45, 2.75) is 76.0 Å². The number of benzene rings is 1. The number of nitrogens with one attached hydrogen (secondary N) is 1. The van der Waals surface area contributed by atoms with E-state index in [1.165, 1.54) is 12.1 Å². The summed E-state index contributed by atoms with van der Waals surface area (Å²) in [4.78, 5) is 14.4. The van der Waals surface area contributed by atoms with Gasteiger partial charge in [-0.15, -0.1) is 0 Å². The van der Waals surface area contributed by atoms with Gasteiger partial charge in [-0.2, -0.15) is 0 Å². The van der Waals surface area contributed by atoms with E-state index in [-0.39, 0.29) is 24.5 Å². The number of aliphatic hydroxyl groups is 1. The number of carbonyl (C=O) groups is 1. The van der Waals surface area contributed by atoms with Gasteiger partial charge in [0, 0.05) is 31.1 Å². The van der Waals surface area contributed by atoms with Crippen molar-refractivity contribution in [3.05, 3.63) is 35.4 Å². The Kier molecular flexibility index (Phi) is 5.80. The second-order valence-electron chi connectivity index (χ2n) is 7.78. The fourth-order valence-electron chi connectivity index (χ4n) is 4.48. The molecule has 2 fully saturated rings. The summed E-state index contributed by atoms with van der Waals surface area (Å²) in [6.07, 6.45) is 5.92. The van der Waals surface area contributed by atoms with Crippen LogP contribution >= 0.6 is 0 Å². The van der Waals surface area contributed by atoms with Crippen LogP contribution in [0.3, 0.4) is 0 Å². The molecule has 4 nitrogen and oxygen atoms in total. The van der Waals surface area contributed by atoms with Crippen LogP contribution < -0.4 is 5.32 Å².